The van der Waals surface area contributed by atoms with Crippen LogP contribution in [0.2, 0.25) is 6.04 Å². The molecule has 0 aromatic carbocycles. The fourth-order valence-corrected chi connectivity index (χ4v) is 1.40. The number of hydrogen-bond donors (Lipinski definition) is 0. The van der Waals surface area contributed by atoms with Crippen molar-refractivity contribution >= 4 is 9.76 Å². The summed E-state index contributed by atoms with van der Waals surface area (Å²) in [5.74, 6) is 0. The van der Waals surface area contributed by atoms with Crippen LogP contribution in [0.3, 0.4) is 0 Å². The van der Waals surface area contributed by atoms with Gasteiger partial charge in [0, 0.05) is 6.61 Å². The smallest absolute Gasteiger partial charge is 0.161 e. The first-order valence-corrected chi connectivity index (χ1v) is 5.57. The molecule has 0 aliphatic carbocycles. The molecule has 0 unspecified atom stereocenters. The highest BCUT2D eigenvalue weighted by Crippen LogP contribution is 1.93. The van der Waals surface area contributed by atoms with Crippen LogP contribution >= 0.6 is 0 Å². The predicted molar refractivity (Wildman–Crippen MR) is 44.5 cm³/mol. The van der Waals surface area contributed by atoms with E-state index in [1.54, 1.807) is 0 Å². The third-order valence-electron chi connectivity index (χ3n) is 1.24. The highest BCUT2D eigenvalue weighted by molar-refractivity contribution is 6.26. The van der Waals surface area contributed by atoms with Crippen LogP contribution in [0.1, 0.15) is 33.1 Å². The fraction of sp³-hybridized carbons (Fsp3) is 1.00. The van der Waals surface area contributed by atoms with Gasteiger partial charge < -0.3 is 4.43 Å². The van der Waals surface area contributed by atoms with Crippen molar-refractivity contribution in [1.29, 1.82) is 0 Å². The lowest BCUT2D eigenvalue weighted by Crippen LogP contribution is -1.97. The van der Waals surface area contributed by atoms with Crippen LogP contribution in [0.15, 0.2) is 0 Å². The molecule has 9 heavy (non-hydrogen) atoms. The number of hydrogen-bond acceptors (Lipinski definition) is 1. The van der Waals surface area contributed by atoms with Gasteiger partial charge in [0.25, 0.3) is 0 Å². The van der Waals surface area contributed by atoms with Crippen LogP contribution in [-0.2, 0) is 4.43 Å². The average Bonchev–Trinajstić information content (AvgIpc) is 1.89. The second-order valence-corrected chi connectivity index (χ2v) is 4.14. The Morgan fingerprint density at radius 3 is 2.56 bits per heavy atom. The van der Waals surface area contributed by atoms with Crippen LogP contribution in [0.5, 0.6) is 0 Å². The van der Waals surface area contributed by atoms with Gasteiger partial charge in [-0.1, -0.05) is 26.7 Å². The maximum Gasteiger partial charge on any atom is 0.161 e. The van der Waals surface area contributed by atoms with E-state index in [1.165, 1.54) is 25.3 Å². The van der Waals surface area contributed by atoms with E-state index in [0.717, 1.165) is 6.61 Å². The lowest BCUT2D eigenvalue weighted by molar-refractivity contribution is 0.323. The summed E-state index contributed by atoms with van der Waals surface area (Å²) in [5, 5.41) is 0. The maximum absolute atomic E-state index is 5.42. The summed E-state index contributed by atoms with van der Waals surface area (Å²) in [6.45, 7) is 5.44. The zero-order chi connectivity index (χ0) is 6.95. The molecule has 2 heteroatoms. The van der Waals surface area contributed by atoms with E-state index in [2.05, 4.69) is 13.8 Å². The molecule has 0 rings (SSSR count). The molecule has 0 amide bonds. The molecular formula is C7H18OSi. The van der Waals surface area contributed by atoms with E-state index in [0.29, 0.717) is 0 Å². The highest BCUT2D eigenvalue weighted by Gasteiger charge is 1.85. The number of rotatable bonds is 6. The van der Waals surface area contributed by atoms with Crippen LogP contribution in [0.4, 0.5) is 0 Å². The maximum atomic E-state index is 5.42. The third kappa shape index (κ3) is 8.18. The van der Waals surface area contributed by atoms with Crippen molar-refractivity contribution in [2.45, 2.75) is 39.2 Å². The van der Waals surface area contributed by atoms with Crippen molar-refractivity contribution in [2.75, 3.05) is 6.61 Å². The van der Waals surface area contributed by atoms with E-state index in [4.69, 9.17) is 4.43 Å². The van der Waals surface area contributed by atoms with E-state index in [9.17, 15) is 0 Å². The van der Waals surface area contributed by atoms with Gasteiger partial charge in [-0.05, 0) is 12.5 Å². The van der Waals surface area contributed by atoms with Crippen LogP contribution in [-0.4, -0.2) is 16.4 Å². The second kappa shape index (κ2) is 8.18. The Labute approximate surface area is 60.7 Å². The van der Waals surface area contributed by atoms with Crippen molar-refractivity contribution in [3.8, 4) is 0 Å². The van der Waals surface area contributed by atoms with Gasteiger partial charge in [-0.15, -0.1) is 0 Å². The summed E-state index contributed by atoms with van der Waals surface area (Å²) in [6.07, 6.45) is 3.90. The molecule has 0 bridgehead atoms. The topological polar surface area (TPSA) is 9.23 Å². The quantitative estimate of drug-likeness (QED) is 0.409. The highest BCUT2D eigenvalue weighted by atomic mass is 28.2. The molecule has 0 fully saturated rings. The molecule has 0 N–H and O–H groups in total. The molecule has 0 atom stereocenters. The molecule has 0 aliphatic rings. The van der Waals surface area contributed by atoms with Gasteiger partial charge in [0.15, 0.2) is 9.76 Å². The molecule has 0 aliphatic heterocycles. The minimum absolute atomic E-state index is 0.106. The van der Waals surface area contributed by atoms with Crippen LogP contribution in [0, 0.1) is 0 Å². The van der Waals surface area contributed by atoms with E-state index in [-0.39, 0.29) is 9.76 Å². The molecule has 0 aromatic rings. The minimum Gasteiger partial charge on any atom is -0.424 e. The van der Waals surface area contributed by atoms with Gasteiger partial charge in [-0.3, -0.25) is 0 Å². The first-order valence-electron chi connectivity index (χ1n) is 3.99. The summed E-state index contributed by atoms with van der Waals surface area (Å²) >= 11 is 0. The molecule has 0 saturated heterocycles. The predicted octanol–water partition coefficient (Wildman–Crippen LogP) is 1.72. The van der Waals surface area contributed by atoms with Crippen molar-refractivity contribution in [2.24, 2.45) is 0 Å². The summed E-state index contributed by atoms with van der Waals surface area (Å²) in [5.41, 5.74) is 0. The van der Waals surface area contributed by atoms with Gasteiger partial charge in [0.2, 0.25) is 0 Å². The van der Waals surface area contributed by atoms with Crippen molar-refractivity contribution in [3.05, 3.63) is 0 Å². The summed E-state index contributed by atoms with van der Waals surface area (Å²) in [4.78, 5) is 0. The molecular weight excluding hydrogens is 128 g/mol. The standard InChI is InChI=1S/C7H18OSi/c1-3-5-6-7-8-9-4-2/h3-7,9H2,1-2H3. The number of unbranched alkanes of at least 4 members (excludes halogenated alkanes) is 2. The molecule has 0 radical (unpaired) electrons. The van der Waals surface area contributed by atoms with Gasteiger partial charge in [-0.25, -0.2) is 0 Å². The monoisotopic (exact) mass is 146 g/mol. The van der Waals surface area contributed by atoms with Gasteiger partial charge in [0.1, 0.15) is 0 Å². The minimum atomic E-state index is -0.106. The van der Waals surface area contributed by atoms with Crippen molar-refractivity contribution in [1.82, 2.24) is 0 Å². The Morgan fingerprint density at radius 2 is 2.00 bits per heavy atom. The molecule has 0 aromatic heterocycles. The van der Waals surface area contributed by atoms with Gasteiger partial charge in [-0.2, -0.15) is 0 Å². The lowest BCUT2D eigenvalue weighted by atomic mass is 10.3. The Bertz CT molecular complexity index is 42.2. The first-order chi connectivity index (χ1) is 4.41. The average molecular weight is 146 g/mol. The zero-order valence-electron chi connectivity index (χ0n) is 6.65. The molecule has 0 saturated carbocycles. The zero-order valence-corrected chi connectivity index (χ0v) is 8.07. The molecule has 1 nitrogen and oxygen atoms in total. The SMILES string of the molecule is CCCCCO[SiH2]CC. The summed E-state index contributed by atoms with van der Waals surface area (Å²) in [7, 11) is -0.106. The lowest BCUT2D eigenvalue weighted by Gasteiger charge is -1.99. The van der Waals surface area contributed by atoms with E-state index in [1.807, 2.05) is 0 Å². The van der Waals surface area contributed by atoms with Crippen molar-refractivity contribution < 1.29 is 4.43 Å². The van der Waals surface area contributed by atoms with E-state index >= 15 is 0 Å². The van der Waals surface area contributed by atoms with Crippen LogP contribution in [0.25, 0.3) is 0 Å². The van der Waals surface area contributed by atoms with Crippen molar-refractivity contribution in [3.63, 3.8) is 0 Å². The Balaban J connectivity index is 2.60. The second-order valence-electron chi connectivity index (χ2n) is 2.32. The Morgan fingerprint density at radius 1 is 1.22 bits per heavy atom. The first kappa shape index (κ1) is 9.18. The molecule has 56 valence electrons. The Kier molecular flexibility index (Phi) is 8.34. The van der Waals surface area contributed by atoms with Crippen LogP contribution < -0.4 is 0 Å². The molecule has 0 spiro atoms. The summed E-state index contributed by atoms with van der Waals surface area (Å²) in [6, 6.07) is 1.28. The Hall–Kier alpha value is 0.177. The fourth-order valence-electron chi connectivity index (χ4n) is 0.701. The van der Waals surface area contributed by atoms with Gasteiger partial charge >= 0.3 is 0 Å². The van der Waals surface area contributed by atoms with E-state index < -0.39 is 0 Å². The summed E-state index contributed by atoms with van der Waals surface area (Å²) < 4.78 is 5.42. The normalized spacial score (nSPS) is 11.3. The van der Waals surface area contributed by atoms with Gasteiger partial charge in [0.05, 0.1) is 0 Å². The largest absolute Gasteiger partial charge is 0.424 e. The molecule has 0 heterocycles. The third-order valence-corrected chi connectivity index (χ3v) is 2.23.